The first-order valence-corrected chi connectivity index (χ1v) is 8.49. The van der Waals surface area contributed by atoms with Gasteiger partial charge in [-0.05, 0) is 49.1 Å². The molecule has 0 radical (unpaired) electrons. The molecule has 3 nitrogen and oxygen atoms in total. The van der Waals surface area contributed by atoms with Crippen molar-refractivity contribution in [3.8, 4) is 0 Å². The Labute approximate surface area is 136 Å². The molecule has 1 saturated heterocycles. The van der Waals surface area contributed by atoms with E-state index in [2.05, 4.69) is 12.2 Å². The van der Waals surface area contributed by atoms with Crippen molar-refractivity contribution in [3.05, 3.63) is 29.8 Å². The van der Waals surface area contributed by atoms with Crippen LogP contribution in [-0.4, -0.2) is 25.5 Å². The molecule has 2 aliphatic rings. The molecule has 1 N–H and O–H groups in total. The number of benzene rings is 1. The second-order valence-electron chi connectivity index (χ2n) is 7.02. The van der Waals surface area contributed by atoms with Crippen molar-refractivity contribution in [2.45, 2.75) is 32.6 Å². The van der Waals surface area contributed by atoms with Gasteiger partial charge >= 0.3 is 0 Å². The molecule has 23 heavy (non-hydrogen) atoms. The minimum Gasteiger partial charge on any atom is -0.371 e. The molecule has 1 aliphatic heterocycles. The van der Waals surface area contributed by atoms with E-state index in [0.717, 1.165) is 25.4 Å². The van der Waals surface area contributed by atoms with Crippen LogP contribution in [0.3, 0.4) is 0 Å². The third kappa shape index (κ3) is 4.21. The summed E-state index contributed by atoms with van der Waals surface area (Å²) in [4.78, 5) is 14.0. The summed E-state index contributed by atoms with van der Waals surface area (Å²) in [6.07, 6.45) is 4.10. The number of nitrogens with one attached hydrogen (secondary N) is 1. The zero-order chi connectivity index (χ0) is 16.4. The quantitative estimate of drug-likeness (QED) is 0.871. The normalized spacial score (nSPS) is 22.2. The first kappa shape index (κ1) is 16.2. The van der Waals surface area contributed by atoms with E-state index in [1.807, 2.05) is 4.90 Å². The maximum atomic E-state index is 13.3. The van der Waals surface area contributed by atoms with Crippen molar-refractivity contribution in [2.24, 2.45) is 17.8 Å². The van der Waals surface area contributed by atoms with Crippen LogP contribution >= 0.6 is 0 Å². The lowest BCUT2D eigenvalue weighted by Crippen LogP contribution is -2.32. The molecule has 1 amide bonds. The van der Waals surface area contributed by atoms with Crippen molar-refractivity contribution in [3.63, 3.8) is 0 Å². The Bertz CT molecular complexity index is 574. The van der Waals surface area contributed by atoms with Crippen LogP contribution in [0.5, 0.6) is 0 Å². The summed E-state index contributed by atoms with van der Waals surface area (Å²) in [6.45, 7) is 4.39. The van der Waals surface area contributed by atoms with Gasteiger partial charge in [0.25, 0.3) is 0 Å². The second-order valence-corrected chi connectivity index (χ2v) is 7.02. The Morgan fingerprint density at radius 2 is 2.09 bits per heavy atom. The van der Waals surface area contributed by atoms with Crippen molar-refractivity contribution in [1.29, 1.82) is 0 Å². The van der Waals surface area contributed by atoms with Gasteiger partial charge in [-0.1, -0.05) is 6.92 Å². The van der Waals surface area contributed by atoms with Gasteiger partial charge in [-0.3, -0.25) is 4.79 Å². The fourth-order valence-corrected chi connectivity index (χ4v) is 3.37. The number of carbonyl (C=O) groups is 1. The van der Waals surface area contributed by atoms with E-state index < -0.39 is 11.6 Å². The minimum atomic E-state index is -0.818. The Morgan fingerprint density at radius 3 is 2.78 bits per heavy atom. The number of amides is 1. The van der Waals surface area contributed by atoms with Gasteiger partial charge in [-0.25, -0.2) is 8.78 Å². The fraction of sp³-hybridized carbons (Fsp3) is 0.611. The van der Waals surface area contributed by atoms with Crippen LogP contribution in [0.25, 0.3) is 0 Å². The van der Waals surface area contributed by atoms with Gasteiger partial charge in [0, 0.05) is 37.8 Å². The Morgan fingerprint density at radius 1 is 1.30 bits per heavy atom. The number of hydrogen-bond donors (Lipinski definition) is 1. The average Bonchev–Trinajstić information content (AvgIpc) is 3.27. The second kappa shape index (κ2) is 6.85. The van der Waals surface area contributed by atoms with E-state index >= 15 is 0 Å². The average molecular weight is 322 g/mol. The van der Waals surface area contributed by atoms with Crippen LogP contribution in [0.1, 0.15) is 32.6 Å². The number of anilines is 1. The summed E-state index contributed by atoms with van der Waals surface area (Å²) in [7, 11) is 0. The molecule has 1 saturated carbocycles. The summed E-state index contributed by atoms with van der Waals surface area (Å²) < 4.78 is 26.3. The third-order valence-corrected chi connectivity index (χ3v) is 5.08. The highest BCUT2D eigenvalue weighted by atomic mass is 19.2. The van der Waals surface area contributed by atoms with Gasteiger partial charge in [-0.15, -0.1) is 0 Å². The minimum absolute atomic E-state index is 0.135. The largest absolute Gasteiger partial charge is 0.371 e. The molecule has 1 aromatic rings. The smallest absolute Gasteiger partial charge is 0.220 e. The first-order chi connectivity index (χ1) is 11.0. The summed E-state index contributed by atoms with van der Waals surface area (Å²) >= 11 is 0. The molecule has 1 aromatic carbocycles. The van der Waals surface area contributed by atoms with Crippen LogP contribution in [0.4, 0.5) is 14.5 Å². The molecular weight excluding hydrogens is 298 g/mol. The summed E-state index contributed by atoms with van der Waals surface area (Å²) in [6, 6.07) is 4.02. The van der Waals surface area contributed by atoms with E-state index in [4.69, 9.17) is 0 Å². The van der Waals surface area contributed by atoms with Crippen LogP contribution in [0, 0.1) is 29.4 Å². The van der Waals surface area contributed by atoms with Gasteiger partial charge in [0.15, 0.2) is 11.6 Å². The SMILES string of the molecule is CC(CC(=O)NCC1CCN(c2ccc(F)c(F)c2)C1)C1CC1. The highest BCUT2D eigenvalue weighted by Crippen LogP contribution is 2.38. The lowest BCUT2D eigenvalue weighted by Gasteiger charge is -2.19. The monoisotopic (exact) mass is 322 g/mol. The van der Waals surface area contributed by atoms with Gasteiger partial charge in [0.2, 0.25) is 5.91 Å². The number of rotatable bonds is 6. The first-order valence-electron chi connectivity index (χ1n) is 8.49. The van der Waals surface area contributed by atoms with E-state index in [0.29, 0.717) is 30.5 Å². The zero-order valence-electron chi connectivity index (χ0n) is 13.5. The standard InChI is InChI=1S/C18H24F2N2O/c1-12(14-2-3-14)8-18(23)21-10-13-6-7-22(11-13)15-4-5-16(19)17(20)9-15/h4-5,9,12-14H,2-3,6-8,10-11H2,1H3,(H,21,23). The van der Waals surface area contributed by atoms with Crippen LogP contribution < -0.4 is 10.2 Å². The molecule has 5 heteroatoms. The van der Waals surface area contributed by atoms with E-state index in [9.17, 15) is 13.6 Å². The molecule has 0 bridgehead atoms. The molecular formula is C18H24F2N2O. The number of hydrogen-bond acceptors (Lipinski definition) is 2. The maximum absolute atomic E-state index is 13.3. The third-order valence-electron chi connectivity index (χ3n) is 5.08. The Hall–Kier alpha value is -1.65. The number of nitrogens with zero attached hydrogens (tertiary/aromatic N) is 1. The van der Waals surface area contributed by atoms with Gasteiger partial charge in [0.1, 0.15) is 0 Å². The molecule has 1 aliphatic carbocycles. The molecule has 126 valence electrons. The lowest BCUT2D eigenvalue weighted by molar-refractivity contribution is -0.122. The molecule has 2 atom stereocenters. The van der Waals surface area contributed by atoms with E-state index in [1.165, 1.54) is 25.0 Å². The highest BCUT2D eigenvalue weighted by molar-refractivity contribution is 5.76. The number of carbonyl (C=O) groups excluding carboxylic acids is 1. The number of halogens is 2. The lowest BCUT2D eigenvalue weighted by atomic mass is 10.0. The van der Waals surface area contributed by atoms with Crippen molar-refractivity contribution in [1.82, 2.24) is 5.32 Å². The maximum Gasteiger partial charge on any atom is 0.220 e. The highest BCUT2D eigenvalue weighted by Gasteiger charge is 2.29. The molecule has 2 fully saturated rings. The van der Waals surface area contributed by atoms with E-state index in [1.54, 1.807) is 6.07 Å². The van der Waals surface area contributed by atoms with Crippen molar-refractivity contribution in [2.75, 3.05) is 24.5 Å². The Balaban J connectivity index is 1.44. The summed E-state index contributed by atoms with van der Waals surface area (Å²) in [5.74, 6) is 0.0993. The zero-order valence-corrected chi connectivity index (χ0v) is 13.5. The molecule has 0 spiro atoms. The van der Waals surface area contributed by atoms with Crippen LogP contribution in [-0.2, 0) is 4.79 Å². The van der Waals surface area contributed by atoms with Gasteiger partial charge in [-0.2, -0.15) is 0 Å². The molecule has 3 rings (SSSR count). The predicted molar refractivity (Wildman–Crippen MR) is 86.2 cm³/mol. The summed E-state index contributed by atoms with van der Waals surface area (Å²) in [5.41, 5.74) is 0.708. The molecule has 0 aromatic heterocycles. The van der Waals surface area contributed by atoms with Crippen molar-refractivity contribution >= 4 is 11.6 Å². The van der Waals surface area contributed by atoms with Gasteiger partial charge < -0.3 is 10.2 Å². The summed E-state index contributed by atoms with van der Waals surface area (Å²) in [5, 5.41) is 3.03. The van der Waals surface area contributed by atoms with Crippen molar-refractivity contribution < 1.29 is 13.6 Å². The predicted octanol–water partition coefficient (Wildman–Crippen LogP) is 3.34. The molecule has 1 heterocycles. The topological polar surface area (TPSA) is 32.3 Å². The van der Waals surface area contributed by atoms with E-state index in [-0.39, 0.29) is 5.91 Å². The Kier molecular flexibility index (Phi) is 4.83. The van der Waals surface area contributed by atoms with Gasteiger partial charge in [0.05, 0.1) is 0 Å². The van der Waals surface area contributed by atoms with Crippen LogP contribution in [0.15, 0.2) is 18.2 Å². The van der Waals surface area contributed by atoms with Crippen LogP contribution in [0.2, 0.25) is 0 Å². The molecule has 2 unspecified atom stereocenters. The fourth-order valence-electron chi connectivity index (χ4n) is 3.37.